The van der Waals surface area contributed by atoms with E-state index in [0.717, 1.165) is 0 Å². The molecule has 3 rings (SSSR count). The lowest BCUT2D eigenvalue weighted by Gasteiger charge is -2.21. The van der Waals surface area contributed by atoms with Crippen LogP contribution >= 0.6 is 0 Å². The van der Waals surface area contributed by atoms with Crippen LogP contribution in [0, 0.1) is 0 Å². The van der Waals surface area contributed by atoms with Crippen molar-refractivity contribution >= 4 is 6.08 Å². The van der Waals surface area contributed by atoms with E-state index in [0.29, 0.717) is 12.1 Å². The first-order valence-corrected chi connectivity index (χ1v) is 5.84. The molecule has 2 fully saturated rings. The minimum atomic E-state index is 0.638. The SMILES string of the molecule is C(=C1CC2CCC(C1)[N]2)c1ccccc1. The Morgan fingerprint density at radius 3 is 2.33 bits per heavy atom. The zero-order valence-corrected chi connectivity index (χ0v) is 8.89. The van der Waals surface area contributed by atoms with Gasteiger partial charge in [0.15, 0.2) is 0 Å². The Hall–Kier alpha value is -1.08. The van der Waals surface area contributed by atoms with E-state index in [4.69, 9.17) is 5.32 Å². The van der Waals surface area contributed by atoms with Crippen molar-refractivity contribution in [3.8, 4) is 0 Å². The molecular formula is C14H16N. The molecule has 0 amide bonds. The van der Waals surface area contributed by atoms with Gasteiger partial charge in [0.1, 0.15) is 0 Å². The molecule has 0 spiro atoms. The summed E-state index contributed by atoms with van der Waals surface area (Å²) in [5.41, 5.74) is 2.94. The van der Waals surface area contributed by atoms with Gasteiger partial charge in [0.25, 0.3) is 0 Å². The fourth-order valence-corrected chi connectivity index (χ4v) is 2.73. The normalized spacial score (nSPS) is 29.2. The van der Waals surface area contributed by atoms with Crippen molar-refractivity contribution < 1.29 is 0 Å². The lowest BCUT2D eigenvalue weighted by molar-refractivity contribution is 0.465. The lowest BCUT2D eigenvalue weighted by atomic mass is 9.97. The molecule has 15 heavy (non-hydrogen) atoms. The third-order valence-corrected chi connectivity index (χ3v) is 3.42. The van der Waals surface area contributed by atoms with Crippen molar-refractivity contribution in [2.75, 3.05) is 0 Å². The topological polar surface area (TPSA) is 14.1 Å². The first-order valence-electron chi connectivity index (χ1n) is 5.84. The number of hydrogen-bond donors (Lipinski definition) is 0. The van der Waals surface area contributed by atoms with E-state index < -0.39 is 0 Å². The van der Waals surface area contributed by atoms with E-state index in [1.54, 1.807) is 5.57 Å². The van der Waals surface area contributed by atoms with Crippen LogP contribution in [0.2, 0.25) is 0 Å². The third-order valence-electron chi connectivity index (χ3n) is 3.42. The molecule has 0 saturated carbocycles. The van der Waals surface area contributed by atoms with Crippen LogP contribution in [-0.2, 0) is 0 Å². The van der Waals surface area contributed by atoms with Crippen LogP contribution in [0.15, 0.2) is 35.9 Å². The second-order valence-electron chi connectivity index (χ2n) is 4.66. The summed E-state index contributed by atoms with van der Waals surface area (Å²) in [5.74, 6) is 0. The van der Waals surface area contributed by atoms with Gasteiger partial charge in [-0.15, -0.1) is 0 Å². The van der Waals surface area contributed by atoms with Crippen LogP contribution in [0.5, 0.6) is 0 Å². The Morgan fingerprint density at radius 2 is 1.67 bits per heavy atom. The number of piperidine rings is 1. The minimum Gasteiger partial charge on any atom is -0.234 e. The maximum atomic E-state index is 4.74. The smallest absolute Gasteiger partial charge is 0.0287 e. The summed E-state index contributed by atoms with van der Waals surface area (Å²) < 4.78 is 0. The highest BCUT2D eigenvalue weighted by Gasteiger charge is 2.31. The molecule has 2 unspecified atom stereocenters. The number of fused-ring (bicyclic) bond motifs is 2. The zero-order chi connectivity index (χ0) is 10.1. The van der Waals surface area contributed by atoms with Crippen molar-refractivity contribution in [2.45, 2.75) is 37.8 Å². The lowest BCUT2D eigenvalue weighted by Crippen LogP contribution is -2.28. The maximum Gasteiger partial charge on any atom is 0.0287 e. The predicted molar refractivity (Wildman–Crippen MR) is 62.6 cm³/mol. The molecule has 0 aromatic heterocycles. The summed E-state index contributed by atoms with van der Waals surface area (Å²) in [4.78, 5) is 0. The first-order chi connectivity index (χ1) is 7.40. The van der Waals surface area contributed by atoms with Crippen LogP contribution in [0.1, 0.15) is 31.2 Å². The molecule has 2 aliphatic rings. The van der Waals surface area contributed by atoms with Crippen LogP contribution in [-0.4, -0.2) is 12.1 Å². The van der Waals surface area contributed by atoms with Gasteiger partial charge in [0.2, 0.25) is 0 Å². The molecule has 0 aliphatic carbocycles. The summed E-state index contributed by atoms with van der Waals surface area (Å²) >= 11 is 0. The van der Waals surface area contributed by atoms with Gasteiger partial charge in [-0.25, -0.2) is 5.32 Å². The van der Waals surface area contributed by atoms with Crippen LogP contribution in [0.3, 0.4) is 0 Å². The van der Waals surface area contributed by atoms with Gasteiger partial charge in [-0.05, 0) is 31.2 Å². The number of nitrogens with zero attached hydrogens (tertiary/aromatic N) is 1. The summed E-state index contributed by atoms with van der Waals surface area (Å²) in [5, 5.41) is 4.74. The average Bonchev–Trinajstić information content (AvgIpc) is 2.60. The molecule has 2 heterocycles. The molecule has 1 nitrogen and oxygen atoms in total. The highest BCUT2D eigenvalue weighted by Crippen LogP contribution is 2.32. The van der Waals surface area contributed by atoms with E-state index in [1.165, 1.54) is 31.2 Å². The molecule has 1 heteroatoms. The molecule has 0 N–H and O–H groups in total. The highest BCUT2D eigenvalue weighted by molar-refractivity contribution is 5.53. The van der Waals surface area contributed by atoms with Crippen molar-refractivity contribution in [3.05, 3.63) is 41.5 Å². The largest absolute Gasteiger partial charge is 0.234 e. The summed E-state index contributed by atoms with van der Waals surface area (Å²) in [6.07, 6.45) is 7.39. The molecule has 1 aromatic rings. The molecular weight excluding hydrogens is 182 g/mol. The van der Waals surface area contributed by atoms with E-state index in [-0.39, 0.29) is 0 Å². The Labute approximate surface area is 91.2 Å². The number of hydrogen-bond acceptors (Lipinski definition) is 0. The van der Waals surface area contributed by atoms with Crippen LogP contribution in [0.25, 0.3) is 6.08 Å². The second kappa shape index (κ2) is 3.82. The standard InChI is InChI=1S/C14H16N/c1-2-4-11(5-3-1)8-12-9-13-6-7-14(10-12)15-13/h1-5,8,13-14H,6-7,9-10H2. The zero-order valence-electron chi connectivity index (χ0n) is 8.89. The van der Waals surface area contributed by atoms with Gasteiger partial charge in [0, 0.05) is 12.1 Å². The Balaban J connectivity index is 1.80. The van der Waals surface area contributed by atoms with E-state index in [9.17, 15) is 0 Å². The molecule has 2 saturated heterocycles. The monoisotopic (exact) mass is 198 g/mol. The van der Waals surface area contributed by atoms with Crippen molar-refractivity contribution in [3.63, 3.8) is 0 Å². The summed E-state index contributed by atoms with van der Waals surface area (Å²) in [6.45, 7) is 0. The number of benzene rings is 1. The molecule has 2 aliphatic heterocycles. The fraction of sp³-hybridized carbons (Fsp3) is 0.429. The third kappa shape index (κ3) is 1.98. The average molecular weight is 198 g/mol. The van der Waals surface area contributed by atoms with E-state index in [1.807, 2.05) is 0 Å². The Kier molecular flexibility index (Phi) is 2.34. The Bertz CT molecular complexity index is 352. The highest BCUT2D eigenvalue weighted by atomic mass is 15.0. The minimum absolute atomic E-state index is 0.638. The predicted octanol–water partition coefficient (Wildman–Crippen LogP) is 3.00. The van der Waals surface area contributed by atoms with Gasteiger partial charge >= 0.3 is 0 Å². The van der Waals surface area contributed by atoms with Gasteiger partial charge in [-0.2, -0.15) is 0 Å². The second-order valence-corrected chi connectivity index (χ2v) is 4.66. The number of rotatable bonds is 1. The van der Waals surface area contributed by atoms with Gasteiger partial charge in [0.05, 0.1) is 0 Å². The molecule has 77 valence electrons. The molecule has 1 aromatic carbocycles. The first kappa shape index (κ1) is 9.17. The maximum absolute atomic E-state index is 4.74. The molecule has 1 radical (unpaired) electrons. The summed E-state index contributed by atoms with van der Waals surface area (Å²) in [7, 11) is 0. The van der Waals surface area contributed by atoms with Gasteiger partial charge in [-0.1, -0.05) is 42.0 Å². The van der Waals surface area contributed by atoms with Crippen LogP contribution in [0.4, 0.5) is 0 Å². The van der Waals surface area contributed by atoms with Crippen molar-refractivity contribution in [1.29, 1.82) is 0 Å². The molecule has 2 bridgehead atoms. The van der Waals surface area contributed by atoms with Gasteiger partial charge in [-0.3, -0.25) is 0 Å². The van der Waals surface area contributed by atoms with Crippen molar-refractivity contribution in [2.24, 2.45) is 0 Å². The van der Waals surface area contributed by atoms with Gasteiger partial charge < -0.3 is 0 Å². The quantitative estimate of drug-likeness (QED) is 0.658. The van der Waals surface area contributed by atoms with E-state index in [2.05, 4.69) is 36.4 Å². The van der Waals surface area contributed by atoms with Crippen molar-refractivity contribution in [1.82, 2.24) is 5.32 Å². The molecule has 2 atom stereocenters. The summed E-state index contributed by atoms with van der Waals surface area (Å²) in [6, 6.07) is 11.9. The van der Waals surface area contributed by atoms with Crippen LogP contribution < -0.4 is 5.32 Å². The van der Waals surface area contributed by atoms with E-state index >= 15 is 0 Å². The fourth-order valence-electron chi connectivity index (χ4n) is 2.73. The Morgan fingerprint density at radius 1 is 1.00 bits per heavy atom.